The second-order valence-corrected chi connectivity index (χ2v) is 10.5. The largest absolute Gasteiger partial charge is 0.485 e. The molecule has 7 rings (SSSR count). The number of amides is 2. The van der Waals surface area contributed by atoms with Crippen LogP contribution < -0.4 is 29.8 Å². The molecular formula is C28H18ClN5O5S. The predicted octanol–water partition coefficient (Wildman–Crippen LogP) is 3.22. The fraction of sp³-hybridized carbons (Fsp3) is 0.107. The number of nitrogens with zero attached hydrogens (tertiary/aromatic N) is 4. The van der Waals surface area contributed by atoms with Gasteiger partial charge in [0.05, 0.1) is 11.3 Å². The molecule has 40 heavy (non-hydrogen) atoms. The standard InChI is InChI=1S/C28H18ClN5O5S/c29-15-6-5-7-16(12-15)30-22(35)13-33-18-9-2-1-8-17(18)23(26(33)36)24-27(37)34-28(40-24)31-25(32-34)21-14-38-19-10-3-4-11-20(19)39-21/h1-12,21H,13-14H2,(H,30,35)/b24-23-. The molecule has 2 aromatic heterocycles. The van der Waals surface area contributed by atoms with Crippen molar-refractivity contribution in [2.45, 2.75) is 6.10 Å². The molecule has 0 saturated heterocycles. The fourth-order valence-electron chi connectivity index (χ4n) is 4.75. The average molecular weight is 572 g/mol. The maximum Gasteiger partial charge on any atom is 0.291 e. The number of nitrogens with one attached hydrogen (secondary N) is 1. The van der Waals surface area contributed by atoms with Crippen molar-refractivity contribution in [1.29, 1.82) is 0 Å². The number of carbonyl (C=O) groups excluding carboxylic acids is 2. The van der Waals surface area contributed by atoms with Crippen LogP contribution in [0.5, 0.6) is 11.5 Å². The van der Waals surface area contributed by atoms with Crippen LogP contribution in [0.3, 0.4) is 0 Å². The summed E-state index contributed by atoms with van der Waals surface area (Å²) in [7, 11) is 0. The van der Waals surface area contributed by atoms with Gasteiger partial charge in [-0.15, -0.1) is 5.10 Å². The summed E-state index contributed by atoms with van der Waals surface area (Å²) in [5, 5.41) is 7.62. The first-order valence-corrected chi connectivity index (χ1v) is 13.4. The number of thiazole rings is 1. The molecule has 2 amide bonds. The van der Waals surface area contributed by atoms with Gasteiger partial charge in [-0.1, -0.05) is 59.3 Å². The second-order valence-electron chi connectivity index (χ2n) is 9.11. The van der Waals surface area contributed by atoms with Crippen molar-refractivity contribution in [2.75, 3.05) is 23.4 Å². The van der Waals surface area contributed by atoms with Crippen LogP contribution in [0.15, 0.2) is 77.6 Å². The van der Waals surface area contributed by atoms with Crippen LogP contribution in [0, 0.1) is 0 Å². The Hall–Kier alpha value is -4.74. The minimum absolute atomic E-state index is 0.197. The molecule has 0 fully saturated rings. The van der Waals surface area contributed by atoms with Gasteiger partial charge in [0, 0.05) is 16.3 Å². The van der Waals surface area contributed by atoms with Gasteiger partial charge >= 0.3 is 0 Å². The molecule has 1 atom stereocenters. The maximum atomic E-state index is 13.7. The van der Waals surface area contributed by atoms with Gasteiger partial charge in [0.1, 0.15) is 17.7 Å². The average Bonchev–Trinajstić information content (AvgIpc) is 3.59. The summed E-state index contributed by atoms with van der Waals surface area (Å²) in [6, 6.07) is 21.1. The van der Waals surface area contributed by atoms with Crippen LogP contribution in [-0.4, -0.2) is 39.6 Å². The molecule has 10 nitrogen and oxygen atoms in total. The van der Waals surface area contributed by atoms with Crippen molar-refractivity contribution in [3.63, 3.8) is 0 Å². The summed E-state index contributed by atoms with van der Waals surface area (Å²) in [5.74, 6) is 0.657. The summed E-state index contributed by atoms with van der Waals surface area (Å²) >= 11 is 7.08. The van der Waals surface area contributed by atoms with Crippen molar-refractivity contribution in [3.8, 4) is 11.5 Å². The monoisotopic (exact) mass is 571 g/mol. The Balaban J connectivity index is 1.22. The van der Waals surface area contributed by atoms with E-state index in [4.69, 9.17) is 21.1 Å². The van der Waals surface area contributed by atoms with Gasteiger partial charge in [0.2, 0.25) is 10.9 Å². The number of rotatable bonds is 4. The molecule has 2 aliphatic heterocycles. The minimum Gasteiger partial charge on any atom is -0.485 e. The first-order valence-electron chi connectivity index (χ1n) is 12.3. The minimum atomic E-state index is -0.583. The molecular weight excluding hydrogens is 554 g/mol. The summed E-state index contributed by atoms with van der Waals surface area (Å²) in [6.07, 6.45) is -0.583. The summed E-state index contributed by atoms with van der Waals surface area (Å²) in [6.45, 7) is -0.0448. The zero-order chi connectivity index (χ0) is 27.4. The fourth-order valence-corrected chi connectivity index (χ4v) is 5.95. The predicted molar refractivity (Wildman–Crippen MR) is 149 cm³/mol. The van der Waals surface area contributed by atoms with Gasteiger partial charge < -0.3 is 14.8 Å². The lowest BCUT2D eigenvalue weighted by Gasteiger charge is -2.24. The number of hydrogen-bond acceptors (Lipinski definition) is 8. The number of benzene rings is 3. The summed E-state index contributed by atoms with van der Waals surface area (Å²) < 4.78 is 13.1. The van der Waals surface area contributed by atoms with E-state index >= 15 is 0 Å². The third-order valence-corrected chi connectivity index (χ3v) is 7.80. The van der Waals surface area contributed by atoms with E-state index in [1.54, 1.807) is 54.6 Å². The number of aromatic nitrogens is 3. The van der Waals surface area contributed by atoms with Crippen LogP contribution in [0.25, 0.3) is 10.5 Å². The van der Waals surface area contributed by atoms with Crippen molar-refractivity contribution in [2.24, 2.45) is 0 Å². The molecule has 4 heterocycles. The number of ether oxygens (including phenoxy) is 2. The number of carbonyl (C=O) groups is 2. The molecule has 1 N–H and O–H groups in total. The van der Waals surface area contributed by atoms with Gasteiger partial charge in [-0.25, -0.2) is 0 Å². The highest BCUT2D eigenvalue weighted by molar-refractivity contribution is 7.15. The van der Waals surface area contributed by atoms with E-state index in [2.05, 4.69) is 15.4 Å². The lowest BCUT2D eigenvalue weighted by Crippen LogP contribution is -2.37. The Bertz CT molecular complexity index is 1950. The molecule has 3 aromatic carbocycles. The highest BCUT2D eigenvalue weighted by Gasteiger charge is 2.36. The van der Waals surface area contributed by atoms with Gasteiger partial charge in [-0.3, -0.25) is 19.3 Å². The van der Waals surface area contributed by atoms with E-state index < -0.39 is 23.5 Å². The Morgan fingerprint density at radius 3 is 2.67 bits per heavy atom. The first-order chi connectivity index (χ1) is 19.5. The number of hydrogen-bond donors (Lipinski definition) is 1. The third kappa shape index (κ3) is 4.07. The third-order valence-electron chi connectivity index (χ3n) is 6.53. The summed E-state index contributed by atoms with van der Waals surface area (Å²) in [4.78, 5) is 46.2. The molecule has 5 aromatic rings. The van der Waals surface area contributed by atoms with Crippen molar-refractivity contribution in [1.82, 2.24) is 14.6 Å². The molecule has 1 unspecified atom stereocenters. The smallest absolute Gasteiger partial charge is 0.291 e. The number of fused-ring (bicyclic) bond motifs is 3. The van der Waals surface area contributed by atoms with Gasteiger partial charge in [-0.05, 0) is 36.4 Å². The van der Waals surface area contributed by atoms with E-state index in [-0.39, 0.29) is 23.3 Å². The van der Waals surface area contributed by atoms with E-state index in [1.165, 1.54) is 9.42 Å². The van der Waals surface area contributed by atoms with Crippen molar-refractivity contribution < 1.29 is 19.1 Å². The highest BCUT2D eigenvalue weighted by Crippen LogP contribution is 2.36. The van der Waals surface area contributed by atoms with Gasteiger partial charge in [0.15, 0.2) is 23.4 Å². The van der Waals surface area contributed by atoms with Gasteiger partial charge in [0.25, 0.3) is 11.5 Å². The zero-order valence-electron chi connectivity index (χ0n) is 20.5. The number of para-hydroxylation sites is 3. The number of anilines is 2. The SMILES string of the molecule is O=C(CN1C(=O)/C(=c2\sc3nc(C4COc5ccccc5O4)nn3c2=O)c2ccccc21)Nc1cccc(Cl)c1. The Labute approximate surface area is 235 Å². The topological polar surface area (TPSA) is 115 Å². The lowest BCUT2D eigenvalue weighted by molar-refractivity contribution is -0.118. The molecule has 0 aliphatic carbocycles. The molecule has 12 heteroatoms. The molecule has 0 bridgehead atoms. The van der Waals surface area contributed by atoms with E-state index in [0.29, 0.717) is 44.2 Å². The lowest BCUT2D eigenvalue weighted by atomic mass is 10.1. The maximum absolute atomic E-state index is 13.7. The highest BCUT2D eigenvalue weighted by atomic mass is 35.5. The first kappa shape index (κ1) is 24.3. The summed E-state index contributed by atoms with van der Waals surface area (Å²) in [5.41, 5.74) is 1.35. The Morgan fingerprint density at radius 2 is 1.85 bits per heavy atom. The van der Waals surface area contributed by atoms with E-state index in [1.807, 2.05) is 18.2 Å². The molecule has 0 radical (unpaired) electrons. The van der Waals surface area contributed by atoms with Crippen LogP contribution in [0.2, 0.25) is 5.02 Å². The normalized spacial score (nSPS) is 17.3. The van der Waals surface area contributed by atoms with Crippen LogP contribution >= 0.6 is 22.9 Å². The number of halogens is 1. The van der Waals surface area contributed by atoms with Crippen LogP contribution in [0.4, 0.5) is 11.4 Å². The quantitative estimate of drug-likeness (QED) is 0.352. The molecule has 0 spiro atoms. The van der Waals surface area contributed by atoms with Gasteiger partial charge in [-0.2, -0.15) is 9.50 Å². The van der Waals surface area contributed by atoms with Crippen molar-refractivity contribution in [3.05, 3.63) is 104 Å². The Kier molecular flexibility index (Phi) is 5.76. The van der Waals surface area contributed by atoms with E-state index in [9.17, 15) is 14.4 Å². The molecule has 2 aliphatic rings. The van der Waals surface area contributed by atoms with Crippen LogP contribution in [0.1, 0.15) is 17.5 Å². The van der Waals surface area contributed by atoms with Crippen LogP contribution in [-0.2, 0) is 9.59 Å². The van der Waals surface area contributed by atoms with E-state index in [0.717, 1.165) is 11.3 Å². The molecule has 198 valence electrons. The zero-order valence-corrected chi connectivity index (χ0v) is 22.1. The molecule has 0 saturated carbocycles. The Morgan fingerprint density at radius 1 is 1.05 bits per heavy atom. The van der Waals surface area contributed by atoms with Crippen molar-refractivity contribution >= 4 is 56.7 Å². The second kappa shape index (κ2) is 9.47.